The van der Waals surface area contributed by atoms with Gasteiger partial charge in [0, 0.05) is 6.04 Å². The van der Waals surface area contributed by atoms with E-state index in [0.29, 0.717) is 18.8 Å². The lowest BCUT2D eigenvalue weighted by Crippen LogP contribution is -2.53. The average Bonchev–Trinajstić information content (AvgIpc) is 2.47. The van der Waals surface area contributed by atoms with Gasteiger partial charge in [-0.05, 0) is 31.6 Å². The number of amides is 1. The summed E-state index contributed by atoms with van der Waals surface area (Å²) < 4.78 is 0. The largest absolute Gasteiger partial charge is 0.409 e. The lowest BCUT2D eigenvalue weighted by molar-refractivity contribution is -0.130. The van der Waals surface area contributed by atoms with E-state index in [1.54, 1.807) is 0 Å². The third-order valence-electron chi connectivity index (χ3n) is 5.01. The van der Waals surface area contributed by atoms with Gasteiger partial charge in [-0.25, -0.2) is 0 Å². The lowest BCUT2D eigenvalue weighted by atomic mass is 9.72. The summed E-state index contributed by atoms with van der Waals surface area (Å²) in [5.74, 6) is 0.713. The van der Waals surface area contributed by atoms with E-state index < -0.39 is 5.41 Å². The number of amidine groups is 1. The highest BCUT2D eigenvalue weighted by Crippen LogP contribution is 2.37. The standard InChI is InChI=1S/C15H27N3O2/c1-11-6-5-7-12(10-11)17-14(19)15(13(16)18-20)8-3-2-4-9-15/h11-12,20H,2-10H2,1H3,(H2,16,18)(H,17,19). The van der Waals surface area contributed by atoms with E-state index >= 15 is 0 Å². The number of nitrogens with zero attached hydrogens (tertiary/aromatic N) is 1. The summed E-state index contributed by atoms with van der Waals surface area (Å²) in [6.07, 6.45) is 8.93. The number of carbonyl (C=O) groups excluding carboxylic acids is 1. The van der Waals surface area contributed by atoms with Gasteiger partial charge in [0.15, 0.2) is 5.84 Å². The van der Waals surface area contributed by atoms with Crippen LogP contribution in [0.25, 0.3) is 0 Å². The van der Waals surface area contributed by atoms with E-state index in [0.717, 1.165) is 32.1 Å². The summed E-state index contributed by atoms with van der Waals surface area (Å²) in [5, 5.41) is 15.3. The van der Waals surface area contributed by atoms with Crippen LogP contribution in [0.4, 0.5) is 0 Å². The zero-order valence-electron chi connectivity index (χ0n) is 12.4. The summed E-state index contributed by atoms with van der Waals surface area (Å²) in [4.78, 5) is 12.7. The van der Waals surface area contributed by atoms with Crippen LogP contribution in [0.2, 0.25) is 0 Å². The lowest BCUT2D eigenvalue weighted by Gasteiger charge is -2.37. The van der Waals surface area contributed by atoms with Gasteiger partial charge in [0.1, 0.15) is 5.41 Å². The molecule has 2 aliphatic rings. The first-order valence-corrected chi connectivity index (χ1v) is 7.87. The zero-order chi connectivity index (χ0) is 14.6. The van der Waals surface area contributed by atoms with Crippen molar-refractivity contribution in [3.63, 3.8) is 0 Å². The van der Waals surface area contributed by atoms with Crippen molar-refractivity contribution in [3.8, 4) is 0 Å². The number of hydrogen-bond acceptors (Lipinski definition) is 3. The van der Waals surface area contributed by atoms with Crippen molar-refractivity contribution in [3.05, 3.63) is 0 Å². The molecule has 0 saturated heterocycles. The average molecular weight is 281 g/mol. The van der Waals surface area contributed by atoms with Gasteiger partial charge < -0.3 is 16.3 Å². The van der Waals surface area contributed by atoms with Crippen LogP contribution in [0, 0.1) is 11.3 Å². The molecule has 114 valence electrons. The first-order chi connectivity index (χ1) is 9.58. The second-order valence-electron chi connectivity index (χ2n) is 6.57. The molecule has 2 saturated carbocycles. The Morgan fingerprint density at radius 3 is 2.55 bits per heavy atom. The minimum atomic E-state index is -0.784. The minimum Gasteiger partial charge on any atom is -0.409 e. The second kappa shape index (κ2) is 6.46. The van der Waals surface area contributed by atoms with Crippen molar-refractivity contribution in [1.82, 2.24) is 5.32 Å². The summed E-state index contributed by atoms with van der Waals surface area (Å²) in [6.45, 7) is 2.23. The molecule has 4 N–H and O–H groups in total. The van der Waals surface area contributed by atoms with Crippen molar-refractivity contribution in [2.45, 2.75) is 70.8 Å². The van der Waals surface area contributed by atoms with Crippen LogP contribution >= 0.6 is 0 Å². The molecule has 0 aromatic rings. The van der Waals surface area contributed by atoms with Crippen LogP contribution in [-0.2, 0) is 4.79 Å². The van der Waals surface area contributed by atoms with Crippen molar-refractivity contribution in [1.29, 1.82) is 0 Å². The van der Waals surface area contributed by atoms with Gasteiger partial charge in [-0.3, -0.25) is 4.79 Å². The number of carbonyl (C=O) groups is 1. The molecule has 0 aromatic carbocycles. The Balaban J connectivity index is 2.07. The Bertz CT molecular complexity index is 375. The molecule has 2 rings (SSSR count). The fourth-order valence-corrected chi connectivity index (χ4v) is 3.74. The van der Waals surface area contributed by atoms with Gasteiger partial charge in [-0.2, -0.15) is 0 Å². The predicted molar refractivity (Wildman–Crippen MR) is 78.5 cm³/mol. The molecule has 5 heteroatoms. The van der Waals surface area contributed by atoms with Gasteiger partial charge in [0.25, 0.3) is 0 Å². The van der Waals surface area contributed by atoms with Crippen molar-refractivity contribution in [2.24, 2.45) is 22.2 Å². The fourth-order valence-electron chi connectivity index (χ4n) is 3.74. The van der Waals surface area contributed by atoms with E-state index in [9.17, 15) is 4.79 Å². The maximum absolute atomic E-state index is 12.7. The van der Waals surface area contributed by atoms with Crippen LogP contribution in [0.5, 0.6) is 0 Å². The van der Waals surface area contributed by atoms with Gasteiger partial charge in [-0.1, -0.05) is 44.2 Å². The molecule has 1 amide bonds. The molecule has 0 heterocycles. The molecule has 0 spiro atoms. The molecule has 20 heavy (non-hydrogen) atoms. The normalized spacial score (nSPS) is 30.8. The van der Waals surface area contributed by atoms with Gasteiger partial charge in [-0.15, -0.1) is 0 Å². The van der Waals surface area contributed by atoms with Gasteiger partial charge in [0.2, 0.25) is 5.91 Å². The molecule has 2 aliphatic carbocycles. The molecule has 5 nitrogen and oxygen atoms in total. The highest BCUT2D eigenvalue weighted by Gasteiger charge is 2.44. The fraction of sp³-hybridized carbons (Fsp3) is 0.867. The molecule has 0 aliphatic heterocycles. The SMILES string of the molecule is CC1CCCC(NC(=O)C2(C(N)=NO)CCCCC2)C1. The molecule has 0 aromatic heterocycles. The first-order valence-electron chi connectivity index (χ1n) is 7.87. The number of oxime groups is 1. The highest BCUT2D eigenvalue weighted by atomic mass is 16.4. The Kier molecular flexibility index (Phi) is 4.89. The van der Waals surface area contributed by atoms with E-state index in [1.807, 2.05) is 0 Å². The van der Waals surface area contributed by atoms with Crippen molar-refractivity contribution in [2.75, 3.05) is 0 Å². The summed E-state index contributed by atoms with van der Waals surface area (Å²) in [6, 6.07) is 0.247. The highest BCUT2D eigenvalue weighted by molar-refractivity contribution is 6.06. The third kappa shape index (κ3) is 3.07. The van der Waals surface area contributed by atoms with Crippen LogP contribution in [0.3, 0.4) is 0 Å². The Morgan fingerprint density at radius 2 is 1.95 bits per heavy atom. The van der Waals surface area contributed by atoms with Crippen molar-refractivity contribution >= 4 is 11.7 Å². The molecule has 2 atom stereocenters. The molecule has 2 fully saturated rings. The number of hydrogen-bond donors (Lipinski definition) is 3. The van der Waals surface area contributed by atoms with Crippen LogP contribution in [0.15, 0.2) is 5.16 Å². The van der Waals surface area contributed by atoms with E-state index in [2.05, 4.69) is 17.4 Å². The first kappa shape index (κ1) is 15.1. The summed E-state index contributed by atoms with van der Waals surface area (Å²) >= 11 is 0. The zero-order valence-corrected chi connectivity index (χ0v) is 12.4. The van der Waals surface area contributed by atoms with E-state index in [4.69, 9.17) is 10.9 Å². The molecular weight excluding hydrogens is 254 g/mol. The maximum Gasteiger partial charge on any atom is 0.234 e. The number of rotatable bonds is 3. The third-order valence-corrected chi connectivity index (χ3v) is 5.01. The maximum atomic E-state index is 12.7. The summed E-state index contributed by atoms with van der Waals surface area (Å²) in [5.41, 5.74) is 5.07. The Labute approximate surface area is 121 Å². The Hall–Kier alpha value is -1.26. The van der Waals surface area contributed by atoms with Crippen LogP contribution < -0.4 is 11.1 Å². The van der Waals surface area contributed by atoms with Crippen LogP contribution in [0.1, 0.15) is 64.7 Å². The predicted octanol–water partition coefficient (Wildman–Crippen LogP) is 2.38. The van der Waals surface area contributed by atoms with Gasteiger partial charge >= 0.3 is 0 Å². The number of nitrogens with one attached hydrogen (secondary N) is 1. The molecule has 0 radical (unpaired) electrons. The topological polar surface area (TPSA) is 87.7 Å². The van der Waals surface area contributed by atoms with Crippen LogP contribution in [-0.4, -0.2) is 23.0 Å². The minimum absolute atomic E-state index is 0.0356. The number of nitrogens with two attached hydrogens (primary N) is 1. The van der Waals surface area contributed by atoms with E-state index in [-0.39, 0.29) is 17.8 Å². The smallest absolute Gasteiger partial charge is 0.234 e. The second-order valence-corrected chi connectivity index (χ2v) is 6.57. The quantitative estimate of drug-likeness (QED) is 0.321. The Morgan fingerprint density at radius 1 is 1.25 bits per heavy atom. The van der Waals surface area contributed by atoms with Crippen molar-refractivity contribution < 1.29 is 10.0 Å². The molecule has 0 bridgehead atoms. The molecular formula is C15H27N3O2. The monoisotopic (exact) mass is 281 g/mol. The van der Waals surface area contributed by atoms with E-state index in [1.165, 1.54) is 12.8 Å². The summed E-state index contributed by atoms with van der Waals surface area (Å²) in [7, 11) is 0. The molecule has 2 unspecified atom stereocenters. The van der Waals surface area contributed by atoms with Gasteiger partial charge in [0.05, 0.1) is 0 Å².